The Labute approximate surface area is 298 Å². The van der Waals surface area contributed by atoms with Crippen LogP contribution in [0.4, 0.5) is 5.69 Å². The predicted octanol–water partition coefficient (Wildman–Crippen LogP) is 4.94. The molecule has 11 heteroatoms. The summed E-state index contributed by atoms with van der Waals surface area (Å²) >= 11 is 11.1. The summed E-state index contributed by atoms with van der Waals surface area (Å²) in [7, 11) is -0.495. The summed E-state index contributed by atoms with van der Waals surface area (Å²) in [5.41, 5.74) is 9.09. The minimum atomic E-state index is -2.19. The smallest absolute Gasteiger partial charge is 0.741 e. The van der Waals surface area contributed by atoms with Gasteiger partial charge >= 0.3 is 17.1 Å². The molecule has 0 aliphatic rings. The fraction of sp³-hybridized carbons (Fsp3) is 0.0556. The second-order valence-corrected chi connectivity index (χ2v) is 14.4. The Balaban J connectivity index is 0.00000500. The van der Waals surface area contributed by atoms with Crippen molar-refractivity contribution in [2.45, 2.75) is 0 Å². The zero-order chi connectivity index (χ0) is 32.2. The molecule has 7 nitrogen and oxygen atoms in total. The van der Waals surface area contributed by atoms with E-state index in [2.05, 4.69) is 104 Å². The SMILES string of the molecule is CN/C([S-])=N/N=C(/C(=N/N=C(\[S-])NC[P+](c1ccccc1)(c1ccccc1)c1ccccc1)c1ccccc1)c1ccc(N)cc1.[Cu+2]. The maximum absolute atomic E-state index is 5.99. The third-order valence-electron chi connectivity index (χ3n) is 7.21. The van der Waals surface area contributed by atoms with Gasteiger partial charge in [0.25, 0.3) is 0 Å². The number of anilines is 1. The fourth-order valence-electron chi connectivity index (χ4n) is 4.95. The summed E-state index contributed by atoms with van der Waals surface area (Å²) in [6.07, 6.45) is 0.550. The largest absolute Gasteiger partial charge is 2.00 e. The van der Waals surface area contributed by atoms with Crippen LogP contribution in [0.15, 0.2) is 166 Å². The quantitative estimate of drug-likeness (QED) is 0.0361. The number of hydrogen-bond acceptors (Lipinski definition) is 7. The summed E-state index contributed by atoms with van der Waals surface area (Å²) in [5, 5.41) is 28.4. The molecule has 0 aliphatic heterocycles. The van der Waals surface area contributed by atoms with Crippen LogP contribution in [-0.4, -0.2) is 35.1 Å². The van der Waals surface area contributed by atoms with Gasteiger partial charge in [-0.3, -0.25) is 0 Å². The van der Waals surface area contributed by atoms with Crippen LogP contribution in [0.3, 0.4) is 0 Å². The van der Waals surface area contributed by atoms with Crippen molar-refractivity contribution in [3.63, 3.8) is 0 Å². The zero-order valence-corrected chi connectivity index (χ0v) is 29.0. The van der Waals surface area contributed by atoms with Gasteiger partial charge < -0.3 is 41.6 Å². The molecular weight excluding hydrogens is 689 g/mol. The van der Waals surface area contributed by atoms with Gasteiger partial charge in [0.15, 0.2) is 0 Å². The first-order chi connectivity index (χ1) is 22.5. The van der Waals surface area contributed by atoms with E-state index in [0.29, 0.717) is 23.4 Å². The molecular formula is C36H33CuN7PS2+. The number of nitrogens with two attached hydrogens (primary N) is 1. The molecule has 5 rings (SSSR count). The molecule has 0 heterocycles. The van der Waals surface area contributed by atoms with Gasteiger partial charge in [-0.25, -0.2) is 0 Å². The van der Waals surface area contributed by atoms with Crippen LogP contribution in [0.2, 0.25) is 0 Å². The van der Waals surface area contributed by atoms with Crippen LogP contribution in [0.1, 0.15) is 11.1 Å². The first kappa shape index (κ1) is 35.4. The van der Waals surface area contributed by atoms with E-state index in [-0.39, 0.29) is 27.4 Å². The number of nitrogens with zero attached hydrogens (tertiary/aromatic N) is 4. The Hall–Kier alpha value is -4.43. The molecule has 4 N–H and O–H groups in total. The standard InChI is InChI=1S/C36H34N7PS2.Cu/c1-38-35(45)42-40-34(28-22-24-29(37)25-23-28)33(27-14-6-2-7-15-27)41-43-36(46)39-26-44(30-16-8-3-9-17-30,31-18-10-4-11-19-31)32-20-12-5-13-21-32;/h2-25H,26H2,1H3,(H5-,37,38,39,40,41,42,43,45,46);/q;+2/p-1. The molecule has 1 radical (unpaired) electrons. The van der Waals surface area contributed by atoms with Gasteiger partial charge in [-0.1, -0.05) is 97.1 Å². The minimum Gasteiger partial charge on any atom is -0.741 e. The first-order valence-corrected chi connectivity index (χ1v) is 17.3. The fourth-order valence-corrected chi connectivity index (χ4v) is 9.08. The Bertz CT molecular complexity index is 1740. The summed E-state index contributed by atoms with van der Waals surface area (Å²) < 4.78 is 0. The molecule has 0 saturated carbocycles. The normalized spacial score (nSPS) is 12.6. The Kier molecular flexibility index (Phi) is 13.2. The van der Waals surface area contributed by atoms with Gasteiger partial charge in [0.1, 0.15) is 40.9 Å². The monoisotopic (exact) mass is 721 g/mol. The number of hydrogen-bond donors (Lipinski definition) is 3. The van der Waals surface area contributed by atoms with Crippen LogP contribution >= 0.6 is 7.26 Å². The van der Waals surface area contributed by atoms with E-state index in [9.17, 15) is 0 Å². The van der Waals surface area contributed by atoms with Gasteiger partial charge in [-0.05, 0) is 53.7 Å². The first-order valence-electron chi connectivity index (χ1n) is 14.5. The molecule has 0 bridgehead atoms. The van der Waals surface area contributed by atoms with E-state index < -0.39 is 7.26 Å². The van der Waals surface area contributed by atoms with Crippen molar-refractivity contribution < 1.29 is 17.1 Å². The van der Waals surface area contributed by atoms with E-state index in [4.69, 9.17) is 31.0 Å². The van der Waals surface area contributed by atoms with E-state index in [1.54, 1.807) is 19.2 Å². The van der Waals surface area contributed by atoms with Crippen molar-refractivity contribution in [1.29, 1.82) is 0 Å². The van der Waals surface area contributed by atoms with Crippen LogP contribution in [0.25, 0.3) is 0 Å². The van der Waals surface area contributed by atoms with Crippen LogP contribution < -0.4 is 32.3 Å². The van der Waals surface area contributed by atoms with Crippen LogP contribution in [-0.2, 0) is 42.3 Å². The van der Waals surface area contributed by atoms with Crippen molar-refractivity contribution in [3.8, 4) is 0 Å². The van der Waals surface area contributed by atoms with E-state index in [1.807, 2.05) is 60.7 Å². The molecule has 47 heavy (non-hydrogen) atoms. The Morgan fingerprint density at radius 3 is 1.36 bits per heavy atom. The molecule has 239 valence electrons. The van der Waals surface area contributed by atoms with Crippen molar-refractivity contribution in [3.05, 3.63) is 157 Å². The van der Waals surface area contributed by atoms with Gasteiger partial charge in [0.2, 0.25) is 0 Å². The molecule has 0 fully saturated rings. The number of rotatable bonds is 10. The average Bonchev–Trinajstić information content (AvgIpc) is 3.12. The second kappa shape index (κ2) is 17.5. The molecule has 0 aliphatic carbocycles. The summed E-state index contributed by atoms with van der Waals surface area (Å²) in [6.45, 7) is 0. The second-order valence-electron chi connectivity index (χ2n) is 10.1. The number of nitrogens with one attached hydrogen (secondary N) is 2. The van der Waals surface area contributed by atoms with E-state index in [0.717, 1.165) is 11.1 Å². The van der Waals surface area contributed by atoms with Crippen molar-refractivity contribution in [2.24, 2.45) is 20.4 Å². The zero-order valence-electron chi connectivity index (χ0n) is 25.5. The maximum Gasteiger partial charge on any atom is 2.00 e. The Morgan fingerprint density at radius 2 is 0.936 bits per heavy atom. The molecule has 0 saturated heterocycles. The molecule has 0 unspecified atom stereocenters. The third-order valence-corrected chi connectivity index (χ3v) is 11.9. The number of benzene rings is 5. The molecule has 0 aromatic heterocycles. The molecule has 0 spiro atoms. The van der Waals surface area contributed by atoms with Crippen molar-refractivity contribution >= 4 is 75.9 Å². The average molecular weight is 722 g/mol. The summed E-state index contributed by atoms with van der Waals surface area (Å²) in [5.74, 6) is 0. The molecule has 5 aromatic rings. The van der Waals surface area contributed by atoms with Gasteiger partial charge in [-0.2, -0.15) is 10.2 Å². The van der Waals surface area contributed by atoms with Gasteiger partial charge in [0.05, 0.1) is 0 Å². The number of nitrogen functional groups attached to an aromatic ring is 1. The van der Waals surface area contributed by atoms with Gasteiger partial charge in [-0.15, -0.1) is 10.2 Å². The predicted molar refractivity (Wildman–Crippen MR) is 202 cm³/mol. The van der Waals surface area contributed by atoms with E-state index >= 15 is 0 Å². The third kappa shape index (κ3) is 8.89. The topological polar surface area (TPSA) is 99.5 Å². The van der Waals surface area contributed by atoms with Crippen molar-refractivity contribution in [1.82, 2.24) is 10.6 Å². The van der Waals surface area contributed by atoms with Crippen LogP contribution in [0, 0.1) is 0 Å². The molecule has 5 aromatic carbocycles. The van der Waals surface area contributed by atoms with Crippen LogP contribution in [0.5, 0.6) is 0 Å². The summed E-state index contributed by atoms with van der Waals surface area (Å²) in [4.78, 5) is 0. The van der Waals surface area contributed by atoms with Crippen molar-refractivity contribution in [2.75, 3.05) is 19.1 Å². The maximum atomic E-state index is 5.99. The summed E-state index contributed by atoms with van der Waals surface area (Å²) in [6, 6.07) is 48.7. The number of amidine groups is 2. The minimum absolute atomic E-state index is 0. The van der Waals surface area contributed by atoms with E-state index in [1.165, 1.54) is 15.9 Å². The Morgan fingerprint density at radius 1 is 0.553 bits per heavy atom. The molecule has 0 atom stereocenters. The molecule has 0 amide bonds. The van der Waals surface area contributed by atoms with Gasteiger partial charge in [0, 0.05) is 29.0 Å².